The molecular formula is C14H10ClN3O. The van der Waals surface area contributed by atoms with Gasteiger partial charge in [-0.3, -0.25) is 0 Å². The minimum atomic E-state index is 0.400. The second kappa shape index (κ2) is 5.20. The van der Waals surface area contributed by atoms with Crippen molar-refractivity contribution in [3.8, 4) is 5.88 Å². The van der Waals surface area contributed by atoms with Gasteiger partial charge in [0.2, 0.25) is 5.88 Å². The summed E-state index contributed by atoms with van der Waals surface area (Å²) in [6.07, 6.45) is 3.04. The van der Waals surface area contributed by atoms with Gasteiger partial charge in [0.05, 0.1) is 11.7 Å². The lowest BCUT2D eigenvalue weighted by Gasteiger charge is -2.06. The molecule has 0 fully saturated rings. The number of hydrogen-bond acceptors (Lipinski definition) is 4. The Kier molecular flexibility index (Phi) is 3.25. The number of ether oxygens (including phenoxy) is 1. The van der Waals surface area contributed by atoms with E-state index in [4.69, 9.17) is 16.3 Å². The molecule has 0 spiro atoms. The van der Waals surface area contributed by atoms with Gasteiger partial charge in [-0.2, -0.15) is 0 Å². The topological polar surface area (TPSA) is 47.9 Å². The van der Waals surface area contributed by atoms with Crippen molar-refractivity contribution in [2.45, 2.75) is 6.61 Å². The highest BCUT2D eigenvalue weighted by atomic mass is 35.5. The number of hydrogen-bond donors (Lipinski definition) is 0. The minimum absolute atomic E-state index is 0.400. The van der Waals surface area contributed by atoms with Crippen molar-refractivity contribution in [2.75, 3.05) is 0 Å². The fourth-order valence-corrected chi connectivity index (χ4v) is 1.91. The number of pyridine rings is 1. The Bertz CT molecular complexity index is 703. The first-order valence-electron chi connectivity index (χ1n) is 5.76. The molecule has 0 radical (unpaired) electrons. The molecule has 4 nitrogen and oxygen atoms in total. The molecule has 3 aromatic rings. The maximum atomic E-state index is 6.01. The molecule has 5 heteroatoms. The van der Waals surface area contributed by atoms with Crippen molar-refractivity contribution >= 4 is 22.5 Å². The second-order valence-electron chi connectivity index (χ2n) is 3.98. The van der Waals surface area contributed by atoms with E-state index < -0.39 is 0 Å². The average molecular weight is 272 g/mol. The highest BCUT2D eigenvalue weighted by Gasteiger charge is 2.04. The van der Waals surface area contributed by atoms with Crippen LogP contribution >= 0.6 is 11.6 Å². The molecule has 0 aliphatic rings. The quantitative estimate of drug-likeness (QED) is 0.686. The lowest BCUT2D eigenvalue weighted by molar-refractivity contribution is 0.294. The van der Waals surface area contributed by atoms with Crippen LogP contribution in [0.2, 0.25) is 5.15 Å². The van der Waals surface area contributed by atoms with Crippen LogP contribution in [-0.2, 0) is 6.61 Å². The summed E-state index contributed by atoms with van der Waals surface area (Å²) in [6.45, 7) is 0.463. The van der Waals surface area contributed by atoms with Gasteiger partial charge in [-0.1, -0.05) is 41.9 Å². The van der Waals surface area contributed by atoms with Gasteiger partial charge in [0.25, 0.3) is 0 Å². The zero-order chi connectivity index (χ0) is 13.1. The molecule has 3 rings (SSSR count). The number of aromatic nitrogens is 3. The van der Waals surface area contributed by atoms with E-state index in [1.165, 1.54) is 6.33 Å². The Morgan fingerprint density at radius 3 is 2.74 bits per heavy atom. The van der Waals surface area contributed by atoms with Crippen molar-refractivity contribution in [3.05, 3.63) is 59.6 Å². The second-order valence-corrected chi connectivity index (χ2v) is 4.34. The van der Waals surface area contributed by atoms with Crippen LogP contribution in [0.15, 0.2) is 48.9 Å². The smallest absolute Gasteiger partial charge is 0.214 e. The number of halogens is 1. The Balaban J connectivity index is 1.84. The fraction of sp³-hybridized carbons (Fsp3) is 0.0714. The van der Waals surface area contributed by atoms with E-state index in [9.17, 15) is 0 Å². The Labute approximate surface area is 115 Å². The summed E-state index contributed by atoms with van der Waals surface area (Å²) in [5.74, 6) is 0.507. The highest BCUT2D eigenvalue weighted by molar-refractivity contribution is 6.34. The van der Waals surface area contributed by atoms with E-state index in [-0.39, 0.29) is 0 Å². The zero-order valence-corrected chi connectivity index (χ0v) is 10.7. The maximum absolute atomic E-state index is 6.01. The monoisotopic (exact) mass is 271 g/mol. The molecule has 1 aromatic carbocycles. The van der Waals surface area contributed by atoms with Crippen LogP contribution in [0.25, 0.3) is 10.9 Å². The fourth-order valence-electron chi connectivity index (χ4n) is 1.72. The first-order valence-corrected chi connectivity index (χ1v) is 6.14. The molecule has 0 atom stereocenters. The molecule has 0 saturated carbocycles. The van der Waals surface area contributed by atoms with Crippen LogP contribution in [0, 0.1) is 0 Å². The average Bonchev–Trinajstić information content (AvgIpc) is 2.47. The van der Waals surface area contributed by atoms with Gasteiger partial charge < -0.3 is 4.74 Å². The molecule has 19 heavy (non-hydrogen) atoms. The first-order chi connectivity index (χ1) is 9.33. The van der Waals surface area contributed by atoms with Gasteiger partial charge in [0, 0.05) is 11.5 Å². The third-order valence-electron chi connectivity index (χ3n) is 2.68. The van der Waals surface area contributed by atoms with Gasteiger partial charge in [-0.05, 0) is 5.56 Å². The van der Waals surface area contributed by atoms with E-state index >= 15 is 0 Å². The van der Waals surface area contributed by atoms with E-state index in [1.54, 1.807) is 12.3 Å². The van der Waals surface area contributed by atoms with Crippen LogP contribution in [0.3, 0.4) is 0 Å². The summed E-state index contributed by atoms with van der Waals surface area (Å²) in [7, 11) is 0. The highest BCUT2D eigenvalue weighted by Crippen LogP contribution is 2.22. The summed E-state index contributed by atoms with van der Waals surface area (Å²) in [4.78, 5) is 12.2. The van der Waals surface area contributed by atoms with Crippen molar-refractivity contribution in [1.82, 2.24) is 15.0 Å². The predicted molar refractivity (Wildman–Crippen MR) is 73.1 cm³/mol. The van der Waals surface area contributed by atoms with Gasteiger partial charge in [-0.25, -0.2) is 15.0 Å². The van der Waals surface area contributed by atoms with E-state index in [0.29, 0.717) is 23.2 Å². The Morgan fingerprint density at radius 2 is 1.89 bits per heavy atom. The normalized spacial score (nSPS) is 10.6. The molecule has 0 amide bonds. The van der Waals surface area contributed by atoms with Crippen LogP contribution in [-0.4, -0.2) is 15.0 Å². The third-order valence-corrected chi connectivity index (χ3v) is 2.98. The van der Waals surface area contributed by atoms with Crippen LogP contribution < -0.4 is 4.74 Å². The molecule has 2 aromatic heterocycles. The standard InChI is InChI=1S/C14H10ClN3O/c15-14-11-6-13(16-7-12(11)17-9-18-14)19-8-10-4-2-1-3-5-10/h1-7,9H,8H2. The van der Waals surface area contributed by atoms with Gasteiger partial charge >= 0.3 is 0 Å². The molecule has 0 saturated heterocycles. The molecule has 94 valence electrons. The lowest BCUT2D eigenvalue weighted by Crippen LogP contribution is -1.97. The SMILES string of the molecule is Clc1ncnc2cnc(OCc3ccccc3)cc12. The number of nitrogens with zero attached hydrogens (tertiary/aromatic N) is 3. The molecule has 2 heterocycles. The predicted octanol–water partition coefficient (Wildman–Crippen LogP) is 3.26. The Morgan fingerprint density at radius 1 is 1.05 bits per heavy atom. The summed E-state index contributed by atoms with van der Waals surface area (Å²) >= 11 is 6.01. The molecular weight excluding hydrogens is 262 g/mol. The summed E-state index contributed by atoms with van der Waals surface area (Å²) < 4.78 is 5.63. The van der Waals surface area contributed by atoms with Gasteiger partial charge in [0.15, 0.2) is 0 Å². The largest absolute Gasteiger partial charge is 0.473 e. The molecule has 0 unspecified atom stereocenters. The van der Waals surface area contributed by atoms with E-state index in [0.717, 1.165) is 10.9 Å². The lowest BCUT2D eigenvalue weighted by atomic mass is 10.2. The molecule has 0 aliphatic heterocycles. The van der Waals surface area contributed by atoms with Crippen molar-refractivity contribution in [3.63, 3.8) is 0 Å². The first kappa shape index (κ1) is 11.9. The maximum Gasteiger partial charge on any atom is 0.214 e. The number of fused-ring (bicyclic) bond motifs is 1. The summed E-state index contributed by atoms with van der Waals surface area (Å²) in [6, 6.07) is 11.7. The summed E-state index contributed by atoms with van der Waals surface area (Å²) in [5, 5.41) is 1.14. The van der Waals surface area contributed by atoms with Crippen molar-refractivity contribution in [2.24, 2.45) is 0 Å². The molecule has 0 N–H and O–H groups in total. The minimum Gasteiger partial charge on any atom is -0.473 e. The van der Waals surface area contributed by atoms with Crippen LogP contribution in [0.4, 0.5) is 0 Å². The van der Waals surface area contributed by atoms with E-state index in [1.807, 2.05) is 30.3 Å². The van der Waals surface area contributed by atoms with Crippen molar-refractivity contribution in [1.29, 1.82) is 0 Å². The molecule has 0 bridgehead atoms. The van der Waals surface area contributed by atoms with Gasteiger partial charge in [0.1, 0.15) is 18.1 Å². The number of benzene rings is 1. The van der Waals surface area contributed by atoms with Crippen LogP contribution in [0.5, 0.6) is 5.88 Å². The number of rotatable bonds is 3. The van der Waals surface area contributed by atoms with Crippen molar-refractivity contribution < 1.29 is 4.74 Å². The van der Waals surface area contributed by atoms with E-state index in [2.05, 4.69) is 15.0 Å². The summed E-state index contributed by atoms with van der Waals surface area (Å²) in [5.41, 5.74) is 1.78. The van der Waals surface area contributed by atoms with Crippen LogP contribution in [0.1, 0.15) is 5.56 Å². The zero-order valence-electron chi connectivity index (χ0n) is 9.95. The Hall–Kier alpha value is -2.20. The third kappa shape index (κ3) is 2.63. The molecule has 0 aliphatic carbocycles. The van der Waals surface area contributed by atoms with Gasteiger partial charge in [-0.15, -0.1) is 0 Å².